The standard InChI is InChI=1S/C16H10BrCl2N3OS/c17-11-3-1-9(2-4-11)14-8-24-16(21-14)22-20-7-10-5-12(18)6-13(19)15(10)23/h1-8,23H,(H,21,22)/b20-7+. The van der Waals surface area contributed by atoms with Crippen LogP contribution in [0.4, 0.5) is 5.13 Å². The van der Waals surface area contributed by atoms with Crippen LogP contribution >= 0.6 is 50.5 Å². The van der Waals surface area contributed by atoms with E-state index in [1.54, 1.807) is 6.07 Å². The van der Waals surface area contributed by atoms with Crippen LogP contribution in [0.2, 0.25) is 10.0 Å². The van der Waals surface area contributed by atoms with Gasteiger partial charge >= 0.3 is 0 Å². The van der Waals surface area contributed by atoms with Gasteiger partial charge in [-0.25, -0.2) is 4.98 Å². The lowest BCUT2D eigenvalue weighted by Gasteiger charge is -2.02. The molecule has 4 nitrogen and oxygen atoms in total. The lowest BCUT2D eigenvalue weighted by atomic mass is 10.2. The van der Waals surface area contributed by atoms with E-state index in [2.05, 4.69) is 31.4 Å². The van der Waals surface area contributed by atoms with Gasteiger partial charge in [-0.3, -0.25) is 5.43 Å². The maximum Gasteiger partial charge on any atom is 0.203 e. The molecule has 8 heteroatoms. The summed E-state index contributed by atoms with van der Waals surface area (Å²) in [5, 5.41) is 17.1. The van der Waals surface area contributed by atoms with E-state index >= 15 is 0 Å². The fourth-order valence-corrected chi connectivity index (χ4v) is 3.36. The van der Waals surface area contributed by atoms with Crippen LogP contribution in [0.3, 0.4) is 0 Å². The number of aromatic nitrogens is 1. The Morgan fingerprint density at radius 2 is 1.96 bits per heavy atom. The van der Waals surface area contributed by atoms with E-state index in [0.717, 1.165) is 15.7 Å². The van der Waals surface area contributed by atoms with E-state index in [4.69, 9.17) is 23.2 Å². The molecule has 1 heterocycles. The van der Waals surface area contributed by atoms with Crippen molar-refractivity contribution in [3.8, 4) is 17.0 Å². The van der Waals surface area contributed by atoms with E-state index < -0.39 is 0 Å². The SMILES string of the molecule is Oc1c(Cl)cc(Cl)cc1/C=N/Nc1nc(-c2ccc(Br)cc2)cs1. The molecule has 0 bridgehead atoms. The van der Waals surface area contributed by atoms with Crippen LogP contribution in [0.5, 0.6) is 5.75 Å². The summed E-state index contributed by atoms with van der Waals surface area (Å²) in [4.78, 5) is 4.46. The highest BCUT2D eigenvalue weighted by Gasteiger charge is 2.06. The number of hydrazone groups is 1. The number of hydrogen-bond donors (Lipinski definition) is 2. The highest BCUT2D eigenvalue weighted by Crippen LogP contribution is 2.30. The summed E-state index contributed by atoms with van der Waals surface area (Å²) in [6.07, 6.45) is 1.44. The van der Waals surface area contributed by atoms with Crippen molar-refractivity contribution in [1.29, 1.82) is 0 Å². The minimum atomic E-state index is -0.0682. The third kappa shape index (κ3) is 4.08. The number of nitrogens with zero attached hydrogens (tertiary/aromatic N) is 2. The smallest absolute Gasteiger partial charge is 0.203 e. The molecule has 0 amide bonds. The minimum Gasteiger partial charge on any atom is -0.506 e. The molecule has 24 heavy (non-hydrogen) atoms. The van der Waals surface area contributed by atoms with Crippen LogP contribution in [0.1, 0.15) is 5.56 Å². The molecular formula is C16H10BrCl2N3OS. The van der Waals surface area contributed by atoms with Gasteiger partial charge in [0.2, 0.25) is 5.13 Å². The number of aromatic hydroxyl groups is 1. The van der Waals surface area contributed by atoms with Crippen molar-refractivity contribution < 1.29 is 5.11 Å². The first-order valence-corrected chi connectivity index (χ1v) is 9.14. The third-order valence-electron chi connectivity index (χ3n) is 3.07. The average molecular weight is 443 g/mol. The summed E-state index contributed by atoms with van der Waals surface area (Å²) in [5.74, 6) is -0.0682. The molecule has 0 aliphatic rings. The molecule has 122 valence electrons. The summed E-state index contributed by atoms with van der Waals surface area (Å²) in [6, 6.07) is 10.9. The van der Waals surface area contributed by atoms with Crippen LogP contribution < -0.4 is 5.43 Å². The molecule has 1 aromatic heterocycles. The second-order valence-corrected chi connectivity index (χ2v) is 7.36. The largest absolute Gasteiger partial charge is 0.506 e. The van der Waals surface area contributed by atoms with Crippen LogP contribution in [0, 0.1) is 0 Å². The lowest BCUT2D eigenvalue weighted by molar-refractivity contribution is 0.475. The zero-order chi connectivity index (χ0) is 17.1. The highest BCUT2D eigenvalue weighted by molar-refractivity contribution is 9.10. The fraction of sp³-hybridized carbons (Fsp3) is 0. The molecule has 0 fully saturated rings. The van der Waals surface area contributed by atoms with Gasteiger partial charge in [0.25, 0.3) is 0 Å². The topological polar surface area (TPSA) is 57.5 Å². The number of anilines is 1. The van der Waals surface area contributed by atoms with Crippen LogP contribution in [-0.2, 0) is 0 Å². The summed E-state index contributed by atoms with van der Waals surface area (Å²) in [5.41, 5.74) is 5.13. The molecule has 2 aromatic carbocycles. The molecule has 0 radical (unpaired) electrons. The first kappa shape index (κ1) is 17.2. The summed E-state index contributed by atoms with van der Waals surface area (Å²) < 4.78 is 1.02. The van der Waals surface area contributed by atoms with Gasteiger partial charge in [0.15, 0.2) is 0 Å². The zero-order valence-corrected chi connectivity index (χ0v) is 15.9. The van der Waals surface area contributed by atoms with Gasteiger partial charge in [-0.2, -0.15) is 5.10 Å². The van der Waals surface area contributed by atoms with Crippen LogP contribution in [0.15, 0.2) is 51.4 Å². The Morgan fingerprint density at radius 3 is 2.71 bits per heavy atom. The summed E-state index contributed by atoms with van der Waals surface area (Å²) >= 11 is 16.6. The van der Waals surface area contributed by atoms with Gasteiger partial charge in [0, 0.05) is 26.0 Å². The quantitative estimate of drug-likeness (QED) is 0.383. The molecule has 0 saturated carbocycles. The normalized spacial score (nSPS) is 11.1. The molecule has 3 aromatic rings. The summed E-state index contributed by atoms with van der Waals surface area (Å²) in [6.45, 7) is 0. The molecule has 0 spiro atoms. The number of rotatable bonds is 4. The Balaban J connectivity index is 1.73. The molecule has 2 N–H and O–H groups in total. The fourth-order valence-electron chi connectivity index (χ4n) is 1.92. The van der Waals surface area contributed by atoms with Crippen molar-refractivity contribution in [3.05, 3.63) is 61.9 Å². The monoisotopic (exact) mass is 441 g/mol. The van der Waals surface area contributed by atoms with Gasteiger partial charge in [-0.15, -0.1) is 11.3 Å². The molecule has 0 unspecified atom stereocenters. The second-order valence-electron chi connectivity index (χ2n) is 4.74. The number of hydrogen-bond acceptors (Lipinski definition) is 5. The Kier molecular flexibility index (Phi) is 5.40. The van der Waals surface area contributed by atoms with Crippen molar-refractivity contribution in [2.24, 2.45) is 5.10 Å². The molecule has 3 rings (SSSR count). The van der Waals surface area contributed by atoms with Crippen molar-refractivity contribution in [2.75, 3.05) is 5.43 Å². The number of phenolic OH excluding ortho intramolecular Hbond substituents is 1. The molecular weight excluding hydrogens is 433 g/mol. The zero-order valence-electron chi connectivity index (χ0n) is 12.0. The number of halogens is 3. The average Bonchev–Trinajstić information content (AvgIpc) is 3.01. The van der Waals surface area contributed by atoms with Gasteiger partial charge in [-0.1, -0.05) is 51.3 Å². The lowest BCUT2D eigenvalue weighted by Crippen LogP contribution is -1.91. The van der Waals surface area contributed by atoms with E-state index in [9.17, 15) is 5.11 Å². The van der Waals surface area contributed by atoms with E-state index in [1.807, 2.05) is 29.6 Å². The van der Waals surface area contributed by atoms with Gasteiger partial charge in [0.1, 0.15) is 5.75 Å². The van der Waals surface area contributed by atoms with Crippen molar-refractivity contribution >= 4 is 61.8 Å². The number of phenols is 1. The Hall–Kier alpha value is -1.60. The molecule has 0 atom stereocenters. The molecule has 0 saturated heterocycles. The highest BCUT2D eigenvalue weighted by atomic mass is 79.9. The first-order valence-electron chi connectivity index (χ1n) is 6.71. The van der Waals surface area contributed by atoms with E-state index in [0.29, 0.717) is 15.7 Å². The van der Waals surface area contributed by atoms with Crippen molar-refractivity contribution in [2.45, 2.75) is 0 Å². The van der Waals surface area contributed by atoms with Crippen molar-refractivity contribution in [1.82, 2.24) is 4.98 Å². The van der Waals surface area contributed by atoms with Crippen LogP contribution in [-0.4, -0.2) is 16.3 Å². The van der Waals surface area contributed by atoms with Gasteiger partial charge in [0.05, 0.1) is 16.9 Å². The second kappa shape index (κ2) is 7.53. The Labute approximate surface area is 160 Å². The minimum absolute atomic E-state index is 0.0682. The van der Waals surface area contributed by atoms with E-state index in [1.165, 1.54) is 23.6 Å². The maximum atomic E-state index is 9.87. The van der Waals surface area contributed by atoms with Crippen molar-refractivity contribution in [3.63, 3.8) is 0 Å². The van der Waals surface area contributed by atoms with Crippen LogP contribution in [0.25, 0.3) is 11.3 Å². The van der Waals surface area contributed by atoms with Gasteiger partial charge in [-0.05, 0) is 24.3 Å². The molecule has 0 aliphatic heterocycles. The number of nitrogens with one attached hydrogen (secondary N) is 1. The number of benzene rings is 2. The molecule has 0 aliphatic carbocycles. The summed E-state index contributed by atoms with van der Waals surface area (Å²) in [7, 11) is 0. The maximum absolute atomic E-state index is 9.87. The predicted molar refractivity (Wildman–Crippen MR) is 105 cm³/mol. The third-order valence-corrected chi connectivity index (χ3v) is 4.85. The Bertz CT molecular complexity index is 897. The van der Waals surface area contributed by atoms with E-state index in [-0.39, 0.29) is 10.8 Å². The van der Waals surface area contributed by atoms with Gasteiger partial charge < -0.3 is 5.11 Å². The Morgan fingerprint density at radius 1 is 1.21 bits per heavy atom. The number of thiazole rings is 1. The predicted octanol–water partition coefficient (Wildman–Crippen LogP) is 6.03. The first-order chi connectivity index (χ1) is 11.5.